The molecule has 0 spiro atoms. The molecule has 3 aromatic rings. The molecule has 0 saturated carbocycles. The Morgan fingerprint density at radius 2 is 1.88 bits per heavy atom. The second-order valence-electron chi connectivity index (χ2n) is 7.12. The van der Waals surface area contributed by atoms with E-state index in [1.54, 1.807) is 30.5 Å². The molecule has 134 valence electrons. The van der Waals surface area contributed by atoms with Crippen molar-refractivity contribution in [2.24, 2.45) is 0 Å². The molecule has 2 aromatic heterocycles. The quantitative estimate of drug-likeness (QED) is 0.537. The van der Waals surface area contributed by atoms with E-state index in [4.69, 9.17) is 16.3 Å². The maximum absolute atomic E-state index is 13.1. The van der Waals surface area contributed by atoms with Crippen molar-refractivity contribution in [3.63, 3.8) is 0 Å². The molecule has 0 amide bonds. The van der Waals surface area contributed by atoms with Crippen molar-refractivity contribution in [2.45, 2.75) is 33.1 Å². The van der Waals surface area contributed by atoms with Gasteiger partial charge in [-0.3, -0.25) is 14.6 Å². The highest BCUT2D eigenvalue weighted by Crippen LogP contribution is 2.33. The number of aromatic amines is 1. The van der Waals surface area contributed by atoms with E-state index >= 15 is 0 Å². The number of hydrogen-bond donors (Lipinski definition) is 1. The van der Waals surface area contributed by atoms with Crippen molar-refractivity contribution in [1.29, 1.82) is 0 Å². The number of aromatic nitrogens is 2. The molecule has 0 unspecified atom stereocenters. The lowest BCUT2D eigenvalue weighted by Crippen LogP contribution is -2.14. The first-order chi connectivity index (χ1) is 12.2. The lowest BCUT2D eigenvalue weighted by molar-refractivity contribution is -0.131. The predicted molar refractivity (Wildman–Crippen MR) is 101 cm³/mol. The summed E-state index contributed by atoms with van der Waals surface area (Å²) in [6, 6.07) is 8.71. The van der Waals surface area contributed by atoms with Crippen molar-refractivity contribution in [2.75, 3.05) is 0 Å². The van der Waals surface area contributed by atoms with E-state index in [0.717, 1.165) is 5.56 Å². The molecule has 0 atom stereocenters. The van der Waals surface area contributed by atoms with Gasteiger partial charge in [-0.1, -0.05) is 32.4 Å². The normalized spacial score (nSPS) is 11.6. The van der Waals surface area contributed by atoms with Crippen LogP contribution in [0.25, 0.3) is 10.9 Å². The van der Waals surface area contributed by atoms with Crippen LogP contribution in [0.4, 0.5) is 0 Å². The molecular formula is C20H19ClN2O3. The average molecular weight is 371 g/mol. The molecule has 0 bridgehead atoms. The Kier molecular flexibility index (Phi) is 4.59. The first kappa shape index (κ1) is 18.1. The number of ether oxygens (including phenoxy) is 1. The Hall–Kier alpha value is -2.66. The summed E-state index contributed by atoms with van der Waals surface area (Å²) >= 11 is 6.03. The van der Waals surface area contributed by atoms with E-state index < -0.39 is 5.97 Å². The third kappa shape index (κ3) is 3.48. The molecular weight excluding hydrogens is 352 g/mol. The van der Waals surface area contributed by atoms with Crippen LogP contribution in [0.15, 0.2) is 36.5 Å². The minimum absolute atomic E-state index is 0.120. The average Bonchev–Trinajstić information content (AvgIpc) is 2.90. The number of nitrogens with one attached hydrogen (secondary N) is 1. The van der Waals surface area contributed by atoms with Crippen molar-refractivity contribution in [1.82, 2.24) is 9.97 Å². The van der Waals surface area contributed by atoms with Crippen LogP contribution in [0.1, 0.15) is 49.4 Å². The van der Waals surface area contributed by atoms with Gasteiger partial charge in [0, 0.05) is 23.5 Å². The number of H-pyrrole nitrogens is 1. The Morgan fingerprint density at radius 3 is 2.54 bits per heavy atom. The molecule has 0 aliphatic heterocycles. The number of esters is 1. The monoisotopic (exact) mass is 370 g/mol. The number of pyridine rings is 1. The first-order valence-electron chi connectivity index (χ1n) is 8.17. The van der Waals surface area contributed by atoms with E-state index in [0.29, 0.717) is 15.9 Å². The standard InChI is InChI=1S/C20H19ClN2O3/c1-11(24)26-19-14-6-5-13(21)10-15(14)23-17(19)18(25)16-9-12(7-8-22-16)20(2,3)4/h5-10,23H,1-4H3. The number of rotatable bonds is 3. The fraction of sp³-hybridized carbons (Fsp3) is 0.250. The fourth-order valence-corrected chi connectivity index (χ4v) is 2.88. The number of fused-ring (bicyclic) bond motifs is 1. The van der Waals surface area contributed by atoms with Gasteiger partial charge in [-0.25, -0.2) is 0 Å². The molecule has 0 aliphatic carbocycles. The summed E-state index contributed by atoms with van der Waals surface area (Å²) in [6.07, 6.45) is 1.61. The largest absolute Gasteiger partial charge is 0.424 e. The zero-order valence-electron chi connectivity index (χ0n) is 15.0. The smallest absolute Gasteiger partial charge is 0.308 e. The zero-order valence-corrected chi connectivity index (χ0v) is 15.8. The van der Waals surface area contributed by atoms with Gasteiger partial charge in [0.25, 0.3) is 0 Å². The molecule has 5 nitrogen and oxygen atoms in total. The van der Waals surface area contributed by atoms with Crippen molar-refractivity contribution < 1.29 is 14.3 Å². The van der Waals surface area contributed by atoms with Crippen LogP contribution < -0.4 is 4.74 Å². The van der Waals surface area contributed by atoms with Gasteiger partial charge >= 0.3 is 5.97 Å². The summed E-state index contributed by atoms with van der Waals surface area (Å²) in [5, 5.41) is 1.12. The van der Waals surface area contributed by atoms with Gasteiger partial charge in [0.1, 0.15) is 11.4 Å². The van der Waals surface area contributed by atoms with E-state index in [9.17, 15) is 9.59 Å². The Labute approximate surface area is 156 Å². The molecule has 0 aliphatic rings. The van der Waals surface area contributed by atoms with E-state index in [1.165, 1.54) is 6.92 Å². The van der Waals surface area contributed by atoms with Crippen molar-refractivity contribution >= 4 is 34.3 Å². The van der Waals surface area contributed by atoms with Crippen molar-refractivity contribution in [3.8, 4) is 5.75 Å². The third-order valence-electron chi connectivity index (χ3n) is 4.04. The van der Waals surface area contributed by atoms with Gasteiger partial charge in [-0.15, -0.1) is 0 Å². The highest BCUT2D eigenvalue weighted by atomic mass is 35.5. The second-order valence-corrected chi connectivity index (χ2v) is 7.56. The minimum Gasteiger partial charge on any atom is -0.424 e. The number of nitrogens with zero attached hydrogens (tertiary/aromatic N) is 1. The number of halogens is 1. The van der Waals surface area contributed by atoms with Gasteiger partial charge in [-0.2, -0.15) is 0 Å². The van der Waals surface area contributed by atoms with Gasteiger partial charge < -0.3 is 9.72 Å². The van der Waals surface area contributed by atoms with Crippen LogP contribution >= 0.6 is 11.6 Å². The van der Waals surface area contributed by atoms with Crippen molar-refractivity contribution in [3.05, 3.63) is 58.5 Å². The lowest BCUT2D eigenvalue weighted by atomic mass is 9.87. The summed E-state index contributed by atoms with van der Waals surface area (Å²) < 4.78 is 5.32. The van der Waals surface area contributed by atoms with Gasteiger partial charge in [0.2, 0.25) is 5.78 Å². The van der Waals surface area contributed by atoms with Crippen LogP contribution in [-0.2, 0) is 10.2 Å². The first-order valence-corrected chi connectivity index (χ1v) is 8.55. The second kappa shape index (κ2) is 6.57. The number of ketones is 1. The van der Waals surface area contributed by atoms with Gasteiger partial charge in [-0.05, 0) is 41.3 Å². The topological polar surface area (TPSA) is 72.1 Å². The van der Waals surface area contributed by atoms with Crippen LogP contribution in [0.5, 0.6) is 5.75 Å². The number of benzene rings is 1. The number of carbonyl (C=O) groups excluding carboxylic acids is 2. The maximum Gasteiger partial charge on any atom is 0.308 e. The zero-order chi connectivity index (χ0) is 19.1. The molecule has 0 saturated heterocycles. The lowest BCUT2D eigenvalue weighted by Gasteiger charge is -2.19. The molecule has 6 heteroatoms. The Balaban J connectivity index is 2.15. The van der Waals surface area contributed by atoms with Gasteiger partial charge in [0.05, 0.1) is 5.52 Å². The van der Waals surface area contributed by atoms with Crippen LogP contribution in [0.2, 0.25) is 5.02 Å². The van der Waals surface area contributed by atoms with E-state index in [-0.39, 0.29) is 28.3 Å². The molecule has 26 heavy (non-hydrogen) atoms. The van der Waals surface area contributed by atoms with Crippen LogP contribution in [-0.4, -0.2) is 21.7 Å². The number of carbonyl (C=O) groups is 2. The highest BCUT2D eigenvalue weighted by Gasteiger charge is 2.24. The molecule has 1 aromatic carbocycles. The SMILES string of the molecule is CC(=O)Oc1c(C(=O)c2cc(C(C)(C)C)ccn2)[nH]c2cc(Cl)ccc12. The Morgan fingerprint density at radius 1 is 1.15 bits per heavy atom. The minimum atomic E-state index is -0.508. The van der Waals surface area contributed by atoms with E-state index in [2.05, 4.69) is 30.7 Å². The van der Waals surface area contributed by atoms with Crippen LogP contribution in [0.3, 0.4) is 0 Å². The highest BCUT2D eigenvalue weighted by molar-refractivity contribution is 6.31. The predicted octanol–water partition coefficient (Wildman–Crippen LogP) is 4.67. The molecule has 0 radical (unpaired) electrons. The fourth-order valence-electron chi connectivity index (χ4n) is 2.70. The summed E-state index contributed by atoms with van der Waals surface area (Å²) in [7, 11) is 0. The van der Waals surface area contributed by atoms with Gasteiger partial charge in [0.15, 0.2) is 5.75 Å². The maximum atomic E-state index is 13.1. The molecule has 0 fully saturated rings. The number of hydrogen-bond acceptors (Lipinski definition) is 4. The molecule has 3 rings (SSSR count). The summed E-state index contributed by atoms with van der Waals surface area (Å²) in [6.45, 7) is 7.48. The van der Waals surface area contributed by atoms with E-state index in [1.807, 2.05) is 6.07 Å². The molecule has 1 N–H and O–H groups in total. The Bertz CT molecular complexity index is 1020. The summed E-state index contributed by atoms with van der Waals surface area (Å²) in [4.78, 5) is 31.8. The van der Waals surface area contributed by atoms with Crippen LogP contribution in [0, 0.1) is 0 Å². The third-order valence-corrected chi connectivity index (χ3v) is 4.28. The summed E-state index contributed by atoms with van der Waals surface area (Å²) in [5.74, 6) is -0.664. The molecule has 2 heterocycles. The summed E-state index contributed by atoms with van der Waals surface area (Å²) in [5.41, 5.74) is 1.94.